The number of hydrogen-bond acceptors (Lipinski definition) is 2. The maximum Gasteiger partial charge on any atom is 0.416 e. The molecule has 0 unspecified atom stereocenters. The lowest BCUT2D eigenvalue weighted by Gasteiger charge is -2.38. The molecule has 0 atom stereocenters. The predicted octanol–water partition coefficient (Wildman–Crippen LogP) is 2.40. The first-order valence-corrected chi connectivity index (χ1v) is 6.29. The van der Waals surface area contributed by atoms with Crippen LogP contribution in [-0.2, 0) is 22.1 Å². The second kappa shape index (κ2) is 5.44. The van der Waals surface area contributed by atoms with Gasteiger partial charge >= 0.3 is 6.18 Å². The van der Waals surface area contributed by atoms with E-state index < -0.39 is 11.7 Å². The van der Waals surface area contributed by atoms with E-state index in [4.69, 9.17) is 4.74 Å². The Balaban J connectivity index is 1.85. The van der Waals surface area contributed by atoms with Crippen molar-refractivity contribution < 1.29 is 22.7 Å². The molecule has 1 aliphatic rings. The molecule has 1 fully saturated rings. The number of alkyl halides is 3. The zero-order valence-corrected chi connectivity index (χ0v) is 11.1. The van der Waals surface area contributed by atoms with Crippen LogP contribution in [0.5, 0.6) is 0 Å². The summed E-state index contributed by atoms with van der Waals surface area (Å²) >= 11 is 0. The lowest BCUT2D eigenvalue weighted by Crippen LogP contribution is -2.48. The van der Waals surface area contributed by atoms with Gasteiger partial charge in [-0.3, -0.25) is 4.79 Å². The molecular formula is C14H16F3NO2. The average Bonchev–Trinajstić information content (AvgIpc) is 2.33. The fourth-order valence-corrected chi connectivity index (χ4v) is 1.92. The van der Waals surface area contributed by atoms with Crippen molar-refractivity contribution in [1.29, 1.82) is 0 Å². The summed E-state index contributed by atoms with van der Waals surface area (Å²) in [7, 11) is 0. The summed E-state index contributed by atoms with van der Waals surface area (Å²) in [5.74, 6) is -0.196. The minimum absolute atomic E-state index is 0.0181. The lowest BCUT2D eigenvalue weighted by molar-refractivity contribution is -0.137. The van der Waals surface area contributed by atoms with Crippen LogP contribution in [0.4, 0.5) is 13.2 Å². The zero-order chi connectivity index (χ0) is 14.8. The number of hydrogen-bond donors (Lipinski definition) is 1. The van der Waals surface area contributed by atoms with Crippen LogP contribution in [0, 0.1) is 5.41 Å². The highest BCUT2D eigenvalue weighted by molar-refractivity contribution is 5.78. The summed E-state index contributed by atoms with van der Waals surface area (Å²) in [4.78, 5) is 11.7. The first-order chi connectivity index (χ1) is 9.28. The minimum atomic E-state index is -4.35. The van der Waals surface area contributed by atoms with E-state index in [0.717, 1.165) is 12.1 Å². The Morgan fingerprint density at radius 1 is 1.30 bits per heavy atom. The van der Waals surface area contributed by atoms with Gasteiger partial charge in [-0.25, -0.2) is 0 Å². The Kier molecular flexibility index (Phi) is 4.04. The number of nitrogens with one attached hydrogen (secondary N) is 1. The maximum atomic E-state index is 12.4. The molecule has 3 nitrogen and oxygen atoms in total. The van der Waals surface area contributed by atoms with E-state index in [2.05, 4.69) is 5.32 Å². The van der Waals surface area contributed by atoms with Crippen molar-refractivity contribution in [1.82, 2.24) is 5.32 Å². The van der Waals surface area contributed by atoms with Crippen LogP contribution in [0.25, 0.3) is 0 Å². The topological polar surface area (TPSA) is 38.3 Å². The fourth-order valence-electron chi connectivity index (χ4n) is 1.92. The number of benzene rings is 1. The first-order valence-electron chi connectivity index (χ1n) is 6.29. The van der Waals surface area contributed by atoms with Crippen LogP contribution in [-0.4, -0.2) is 25.7 Å². The second-order valence-corrected chi connectivity index (χ2v) is 5.45. The molecule has 1 saturated heterocycles. The predicted molar refractivity (Wildman–Crippen MR) is 67.1 cm³/mol. The second-order valence-electron chi connectivity index (χ2n) is 5.45. The highest BCUT2D eigenvalue weighted by Gasteiger charge is 2.33. The number of rotatable bonds is 4. The van der Waals surface area contributed by atoms with E-state index in [1.54, 1.807) is 0 Å². The third-order valence-electron chi connectivity index (χ3n) is 3.26. The van der Waals surface area contributed by atoms with Crippen molar-refractivity contribution >= 4 is 5.91 Å². The molecule has 0 aliphatic carbocycles. The number of carbonyl (C=O) groups excluding carboxylic acids is 1. The SMILES string of the molecule is CC1(CNC(=O)Cc2ccc(C(F)(F)F)cc2)COC1. The van der Waals surface area contributed by atoms with Gasteiger partial charge < -0.3 is 10.1 Å². The number of amides is 1. The Bertz CT molecular complexity index is 478. The molecular weight excluding hydrogens is 271 g/mol. The number of ether oxygens (including phenoxy) is 1. The normalized spacial score (nSPS) is 17.4. The van der Waals surface area contributed by atoms with Gasteiger partial charge in [-0.15, -0.1) is 0 Å². The van der Waals surface area contributed by atoms with E-state index in [-0.39, 0.29) is 17.7 Å². The Labute approximate surface area is 115 Å². The monoisotopic (exact) mass is 287 g/mol. The quantitative estimate of drug-likeness (QED) is 0.923. The summed E-state index contributed by atoms with van der Waals surface area (Å²) in [5.41, 5.74) is -0.165. The summed E-state index contributed by atoms with van der Waals surface area (Å²) in [5, 5.41) is 2.78. The summed E-state index contributed by atoms with van der Waals surface area (Å²) < 4.78 is 42.2. The third kappa shape index (κ3) is 3.72. The molecule has 20 heavy (non-hydrogen) atoms. The van der Waals surface area contributed by atoms with Gasteiger partial charge in [0, 0.05) is 12.0 Å². The number of carbonyl (C=O) groups is 1. The molecule has 110 valence electrons. The van der Waals surface area contributed by atoms with Crippen molar-refractivity contribution in [2.75, 3.05) is 19.8 Å². The van der Waals surface area contributed by atoms with Crippen molar-refractivity contribution in [3.05, 3.63) is 35.4 Å². The van der Waals surface area contributed by atoms with Gasteiger partial charge in [-0.2, -0.15) is 13.2 Å². The molecule has 6 heteroatoms. The molecule has 1 N–H and O–H groups in total. The van der Waals surface area contributed by atoms with Gasteiger partial charge in [0.1, 0.15) is 0 Å². The smallest absolute Gasteiger partial charge is 0.380 e. The molecule has 0 saturated carbocycles. The van der Waals surface area contributed by atoms with E-state index in [0.29, 0.717) is 25.3 Å². The summed E-state index contributed by atoms with van der Waals surface area (Å²) in [6.45, 7) is 3.77. The Morgan fingerprint density at radius 2 is 1.90 bits per heavy atom. The Hall–Kier alpha value is -1.56. The van der Waals surface area contributed by atoms with E-state index in [1.165, 1.54) is 12.1 Å². The highest BCUT2D eigenvalue weighted by atomic mass is 19.4. The van der Waals surface area contributed by atoms with Crippen LogP contribution in [0.3, 0.4) is 0 Å². The summed E-state index contributed by atoms with van der Waals surface area (Å²) in [6, 6.07) is 4.64. The van der Waals surface area contributed by atoms with Gasteiger partial charge in [0.25, 0.3) is 0 Å². The average molecular weight is 287 g/mol. The molecule has 1 aromatic carbocycles. The first kappa shape index (κ1) is 14.8. The summed E-state index contributed by atoms with van der Waals surface area (Å²) in [6.07, 6.45) is -4.27. The van der Waals surface area contributed by atoms with Crippen molar-refractivity contribution in [3.63, 3.8) is 0 Å². The molecule has 2 rings (SSSR count). The van der Waals surface area contributed by atoms with Crippen molar-refractivity contribution in [2.24, 2.45) is 5.41 Å². The van der Waals surface area contributed by atoms with Crippen LogP contribution in [0.15, 0.2) is 24.3 Å². The molecule has 0 spiro atoms. The lowest BCUT2D eigenvalue weighted by atomic mass is 9.89. The van der Waals surface area contributed by atoms with Crippen LogP contribution >= 0.6 is 0 Å². The van der Waals surface area contributed by atoms with Crippen LogP contribution < -0.4 is 5.32 Å². The van der Waals surface area contributed by atoms with Crippen molar-refractivity contribution in [3.8, 4) is 0 Å². The van der Waals surface area contributed by atoms with Gasteiger partial charge in [-0.1, -0.05) is 19.1 Å². The molecule has 1 amide bonds. The third-order valence-corrected chi connectivity index (χ3v) is 3.26. The highest BCUT2D eigenvalue weighted by Crippen LogP contribution is 2.29. The van der Waals surface area contributed by atoms with Crippen molar-refractivity contribution in [2.45, 2.75) is 19.5 Å². The standard InChI is InChI=1S/C14H16F3NO2/c1-13(8-20-9-13)7-18-12(19)6-10-2-4-11(5-3-10)14(15,16)17/h2-5H,6-9H2,1H3,(H,18,19). The van der Waals surface area contributed by atoms with Gasteiger partial charge in [-0.05, 0) is 17.7 Å². The fraction of sp³-hybridized carbons (Fsp3) is 0.500. The molecule has 1 aliphatic heterocycles. The molecule has 0 aromatic heterocycles. The van der Waals surface area contributed by atoms with Gasteiger partial charge in [0.2, 0.25) is 5.91 Å². The van der Waals surface area contributed by atoms with Gasteiger partial charge in [0.05, 0.1) is 25.2 Å². The Morgan fingerprint density at radius 3 is 2.35 bits per heavy atom. The zero-order valence-electron chi connectivity index (χ0n) is 11.1. The van der Waals surface area contributed by atoms with Crippen LogP contribution in [0.1, 0.15) is 18.1 Å². The maximum absolute atomic E-state index is 12.4. The van der Waals surface area contributed by atoms with E-state index in [1.807, 2.05) is 6.92 Å². The van der Waals surface area contributed by atoms with E-state index in [9.17, 15) is 18.0 Å². The molecule has 1 heterocycles. The van der Waals surface area contributed by atoms with E-state index >= 15 is 0 Å². The molecule has 0 radical (unpaired) electrons. The minimum Gasteiger partial charge on any atom is -0.380 e. The van der Waals surface area contributed by atoms with Gasteiger partial charge in [0.15, 0.2) is 0 Å². The van der Waals surface area contributed by atoms with Crippen LogP contribution in [0.2, 0.25) is 0 Å². The number of halogens is 3. The molecule has 0 bridgehead atoms. The largest absolute Gasteiger partial charge is 0.416 e. The molecule has 1 aromatic rings.